The number of rotatable bonds is 2. The van der Waals surface area contributed by atoms with Gasteiger partial charge in [0.15, 0.2) is 0 Å². The van der Waals surface area contributed by atoms with Crippen LogP contribution >= 0.6 is 12.4 Å². The lowest BCUT2D eigenvalue weighted by Gasteiger charge is -2.14. The molecule has 0 amide bonds. The van der Waals surface area contributed by atoms with Crippen LogP contribution in [-0.4, -0.2) is 31.4 Å². The fourth-order valence-corrected chi connectivity index (χ4v) is 2.27. The molecule has 0 saturated carbocycles. The maximum absolute atomic E-state index is 5.32. The Morgan fingerprint density at radius 2 is 2.00 bits per heavy atom. The smallest absolute Gasteiger partial charge is 0.296 e. The number of hydrogen-bond acceptors (Lipinski definition) is 6. The third kappa shape index (κ3) is 2.41. The second-order valence-corrected chi connectivity index (χ2v) is 4.56. The van der Waals surface area contributed by atoms with E-state index in [1.165, 1.54) is 0 Å². The molecule has 21 heavy (non-hydrogen) atoms. The van der Waals surface area contributed by atoms with E-state index in [4.69, 9.17) is 4.52 Å². The fraction of sp³-hybridized carbons (Fsp3) is 0.231. The molecule has 1 aliphatic heterocycles. The Balaban J connectivity index is 0.00000132. The molecule has 108 valence electrons. The third-order valence-corrected chi connectivity index (χ3v) is 3.27. The van der Waals surface area contributed by atoms with Crippen molar-refractivity contribution in [3.05, 3.63) is 36.2 Å². The number of nitrogens with one attached hydrogen (secondary N) is 1. The molecule has 0 unspecified atom stereocenters. The van der Waals surface area contributed by atoms with E-state index >= 15 is 0 Å². The van der Waals surface area contributed by atoms with E-state index in [0.29, 0.717) is 24.1 Å². The van der Waals surface area contributed by atoms with E-state index in [0.717, 1.165) is 24.5 Å². The Kier molecular flexibility index (Phi) is 3.68. The quantitative estimate of drug-likeness (QED) is 0.773. The summed E-state index contributed by atoms with van der Waals surface area (Å²) in [6.45, 7) is 2.41. The van der Waals surface area contributed by atoms with E-state index in [9.17, 15) is 0 Å². The van der Waals surface area contributed by atoms with Crippen LogP contribution in [0.4, 0.5) is 0 Å². The third-order valence-electron chi connectivity index (χ3n) is 3.27. The van der Waals surface area contributed by atoms with Crippen LogP contribution in [0.25, 0.3) is 23.1 Å². The molecule has 8 heteroatoms. The van der Waals surface area contributed by atoms with Gasteiger partial charge in [-0.15, -0.1) is 22.6 Å². The molecule has 3 aromatic rings. The topological polar surface area (TPSA) is 81.7 Å². The summed E-state index contributed by atoms with van der Waals surface area (Å²) in [7, 11) is 0. The highest BCUT2D eigenvalue weighted by molar-refractivity contribution is 5.85. The Hall–Kier alpha value is -2.25. The zero-order valence-corrected chi connectivity index (χ0v) is 11.9. The Morgan fingerprint density at radius 1 is 1.14 bits per heavy atom. The molecule has 1 aliphatic rings. The Morgan fingerprint density at radius 3 is 2.86 bits per heavy atom. The van der Waals surface area contributed by atoms with Crippen molar-refractivity contribution in [2.45, 2.75) is 13.1 Å². The van der Waals surface area contributed by atoms with Gasteiger partial charge >= 0.3 is 0 Å². The Bertz CT molecular complexity index is 738. The van der Waals surface area contributed by atoms with Crippen molar-refractivity contribution in [2.75, 3.05) is 6.54 Å². The molecule has 0 bridgehead atoms. The number of nitrogens with zero attached hydrogens (tertiary/aromatic N) is 5. The summed E-state index contributed by atoms with van der Waals surface area (Å²) >= 11 is 0. The predicted octanol–water partition coefficient (Wildman–Crippen LogP) is 1.52. The van der Waals surface area contributed by atoms with E-state index in [-0.39, 0.29) is 12.4 Å². The minimum absolute atomic E-state index is 0. The molecule has 1 aromatic carbocycles. The normalized spacial score (nSPS) is 13.5. The molecular weight excluding hydrogens is 292 g/mol. The summed E-state index contributed by atoms with van der Waals surface area (Å²) in [5, 5.41) is 15.5. The van der Waals surface area contributed by atoms with Crippen LogP contribution in [0, 0.1) is 0 Å². The second-order valence-electron chi connectivity index (χ2n) is 4.56. The van der Waals surface area contributed by atoms with Gasteiger partial charge in [-0.2, -0.15) is 4.98 Å². The van der Waals surface area contributed by atoms with Gasteiger partial charge in [0, 0.05) is 18.7 Å². The highest BCUT2D eigenvalue weighted by atomic mass is 35.5. The van der Waals surface area contributed by atoms with Crippen LogP contribution in [0.2, 0.25) is 0 Å². The lowest BCUT2D eigenvalue weighted by Crippen LogP contribution is -2.28. The van der Waals surface area contributed by atoms with Crippen LogP contribution in [0.3, 0.4) is 0 Å². The van der Waals surface area contributed by atoms with Crippen LogP contribution in [0.15, 0.2) is 34.9 Å². The molecule has 7 nitrogen and oxygen atoms in total. The summed E-state index contributed by atoms with van der Waals surface area (Å²) in [6.07, 6.45) is 0. The number of aromatic nitrogens is 5. The van der Waals surface area contributed by atoms with Gasteiger partial charge in [-0.25, -0.2) is 0 Å². The SMILES string of the molecule is Cl.c1ccc(-c2noc(-c3nnc4n3CCNC4)n2)cc1. The lowest BCUT2D eigenvalue weighted by molar-refractivity contribution is 0.423. The molecule has 2 aromatic heterocycles. The molecule has 0 spiro atoms. The molecule has 0 saturated heterocycles. The number of hydrogen-bond donors (Lipinski definition) is 1. The average Bonchev–Trinajstić information content (AvgIpc) is 3.14. The highest BCUT2D eigenvalue weighted by Crippen LogP contribution is 2.21. The van der Waals surface area contributed by atoms with Gasteiger partial charge in [-0.05, 0) is 0 Å². The van der Waals surface area contributed by atoms with Gasteiger partial charge < -0.3 is 14.4 Å². The summed E-state index contributed by atoms with van der Waals surface area (Å²) in [5.41, 5.74) is 0.919. The van der Waals surface area contributed by atoms with Crippen LogP contribution in [0.1, 0.15) is 5.82 Å². The van der Waals surface area contributed by atoms with Crippen molar-refractivity contribution in [3.63, 3.8) is 0 Å². The molecule has 0 radical (unpaired) electrons. The minimum Gasteiger partial charge on any atom is -0.330 e. The lowest BCUT2D eigenvalue weighted by atomic mass is 10.2. The van der Waals surface area contributed by atoms with Crippen LogP contribution in [0.5, 0.6) is 0 Å². The van der Waals surface area contributed by atoms with Crippen molar-refractivity contribution in [1.29, 1.82) is 0 Å². The molecular formula is C13H13ClN6O. The highest BCUT2D eigenvalue weighted by Gasteiger charge is 2.21. The number of benzene rings is 1. The molecule has 3 heterocycles. The van der Waals surface area contributed by atoms with Gasteiger partial charge in [0.25, 0.3) is 5.89 Å². The largest absolute Gasteiger partial charge is 0.330 e. The first-order valence-corrected chi connectivity index (χ1v) is 6.44. The first kappa shape index (κ1) is 13.7. The minimum atomic E-state index is 0. The molecule has 0 fully saturated rings. The molecule has 4 rings (SSSR count). The Labute approximate surface area is 126 Å². The van der Waals surface area contributed by atoms with Crippen molar-refractivity contribution >= 4 is 12.4 Å². The van der Waals surface area contributed by atoms with E-state index in [2.05, 4.69) is 25.7 Å². The number of halogens is 1. The van der Waals surface area contributed by atoms with E-state index in [1.807, 2.05) is 34.9 Å². The summed E-state index contributed by atoms with van der Waals surface area (Å²) in [6, 6.07) is 9.72. The standard InChI is InChI=1S/C13H12N6O.ClH/c1-2-4-9(5-3-1)11-15-13(20-18-11)12-17-16-10-8-14-6-7-19(10)12;/h1-5,14H,6-8H2;1H. The molecule has 1 N–H and O–H groups in total. The maximum Gasteiger partial charge on any atom is 0.296 e. The van der Waals surface area contributed by atoms with Crippen molar-refractivity contribution in [2.24, 2.45) is 0 Å². The summed E-state index contributed by atoms with van der Waals surface area (Å²) in [5.74, 6) is 2.50. The zero-order valence-electron chi connectivity index (χ0n) is 11.1. The maximum atomic E-state index is 5.32. The predicted molar refractivity (Wildman–Crippen MR) is 77.7 cm³/mol. The zero-order chi connectivity index (χ0) is 13.4. The molecule has 0 aliphatic carbocycles. The van der Waals surface area contributed by atoms with Gasteiger partial charge in [0.1, 0.15) is 5.82 Å². The van der Waals surface area contributed by atoms with E-state index < -0.39 is 0 Å². The average molecular weight is 305 g/mol. The number of fused-ring (bicyclic) bond motifs is 1. The first-order valence-electron chi connectivity index (χ1n) is 6.44. The van der Waals surface area contributed by atoms with Crippen molar-refractivity contribution < 1.29 is 4.52 Å². The first-order chi connectivity index (χ1) is 9.92. The monoisotopic (exact) mass is 304 g/mol. The van der Waals surface area contributed by atoms with Crippen LogP contribution < -0.4 is 5.32 Å². The summed E-state index contributed by atoms with van der Waals surface area (Å²) < 4.78 is 7.34. The van der Waals surface area contributed by atoms with Gasteiger partial charge in [0.2, 0.25) is 11.6 Å². The van der Waals surface area contributed by atoms with Gasteiger partial charge in [-0.1, -0.05) is 35.5 Å². The van der Waals surface area contributed by atoms with Gasteiger partial charge in [-0.3, -0.25) is 0 Å². The van der Waals surface area contributed by atoms with Crippen LogP contribution in [-0.2, 0) is 13.1 Å². The summed E-state index contributed by atoms with van der Waals surface area (Å²) in [4.78, 5) is 4.41. The van der Waals surface area contributed by atoms with Crippen molar-refractivity contribution in [3.8, 4) is 23.1 Å². The second kappa shape index (κ2) is 5.63. The van der Waals surface area contributed by atoms with E-state index in [1.54, 1.807) is 0 Å². The van der Waals surface area contributed by atoms with Crippen molar-refractivity contribution in [1.82, 2.24) is 30.2 Å². The fourth-order valence-electron chi connectivity index (χ4n) is 2.27. The molecule has 0 atom stereocenters. The van der Waals surface area contributed by atoms with Gasteiger partial charge in [0.05, 0.1) is 6.54 Å².